The van der Waals surface area contributed by atoms with Crippen molar-refractivity contribution in [3.05, 3.63) is 12.2 Å². The summed E-state index contributed by atoms with van der Waals surface area (Å²) in [5.74, 6) is -0.935. The van der Waals surface area contributed by atoms with Gasteiger partial charge in [0.25, 0.3) is 0 Å². The van der Waals surface area contributed by atoms with Crippen LogP contribution in [0.3, 0.4) is 0 Å². The molecule has 0 heterocycles. The Bertz CT molecular complexity index is 154. The van der Waals surface area contributed by atoms with Crippen molar-refractivity contribution in [2.45, 2.75) is 26.5 Å². The number of carboxylic acids is 1. The maximum atomic E-state index is 9.60. The molecule has 0 fully saturated rings. The van der Waals surface area contributed by atoms with E-state index in [1.807, 2.05) is 21.0 Å². The van der Waals surface area contributed by atoms with Gasteiger partial charge in [-0.2, -0.15) is 0 Å². The average molecular weight is 189 g/mol. The second kappa shape index (κ2) is 7.76. The number of hydrogen-bond donors (Lipinski definition) is 2. The van der Waals surface area contributed by atoms with Crippen LogP contribution in [0.15, 0.2) is 12.2 Å². The zero-order valence-electron chi connectivity index (χ0n) is 8.74. The standard InChI is InChI=1S/C5H13NO.C4H6O2/c1-4-5(7)6(2)3;1-3(2)4(5)6/h5,7H,4H2,1-3H3;1H2,2H3,(H,5,6). The van der Waals surface area contributed by atoms with Crippen LogP contribution >= 0.6 is 0 Å². The van der Waals surface area contributed by atoms with E-state index in [2.05, 4.69) is 6.58 Å². The van der Waals surface area contributed by atoms with Gasteiger partial charge < -0.3 is 10.2 Å². The number of rotatable bonds is 3. The Morgan fingerprint density at radius 3 is 1.85 bits per heavy atom. The third kappa shape index (κ3) is 11.1. The van der Waals surface area contributed by atoms with E-state index in [0.717, 1.165) is 6.42 Å². The predicted molar refractivity (Wildman–Crippen MR) is 52.4 cm³/mol. The van der Waals surface area contributed by atoms with E-state index < -0.39 is 5.97 Å². The highest BCUT2D eigenvalue weighted by atomic mass is 16.4. The summed E-state index contributed by atoms with van der Waals surface area (Å²) in [4.78, 5) is 11.4. The van der Waals surface area contributed by atoms with Gasteiger partial charge >= 0.3 is 5.97 Å². The number of nitrogens with zero attached hydrogens (tertiary/aromatic N) is 1. The Kier molecular flexibility index (Phi) is 8.74. The first-order valence-electron chi connectivity index (χ1n) is 4.06. The first-order chi connectivity index (χ1) is 5.82. The van der Waals surface area contributed by atoms with Crippen molar-refractivity contribution < 1.29 is 15.0 Å². The third-order valence-corrected chi connectivity index (χ3v) is 1.33. The van der Waals surface area contributed by atoms with E-state index in [-0.39, 0.29) is 11.8 Å². The van der Waals surface area contributed by atoms with Gasteiger partial charge in [-0.05, 0) is 27.4 Å². The van der Waals surface area contributed by atoms with Crippen molar-refractivity contribution in [1.82, 2.24) is 4.90 Å². The molecule has 0 radical (unpaired) electrons. The van der Waals surface area contributed by atoms with Crippen molar-refractivity contribution in [2.75, 3.05) is 14.1 Å². The Labute approximate surface area is 79.5 Å². The van der Waals surface area contributed by atoms with Crippen LogP contribution in [0, 0.1) is 0 Å². The highest BCUT2D eigenvalue weighted by Crippen LogP contribution is 1.90. The number of carboxylic acid groups (broad SMARTS) is 1. The van der Waals surface area contributed by atoms with Crippen LogP contribution in [0.4, 0.5) is 0 Å². The van der Waals surface area contributed by atoms with Gasteiger partial charge in [0, 0.05) is 5.57 Å². The fraction of sp³-hybridized carbons (Fsp3) is 0.667. The minimum Gasteiger partial charge on any atom is -0.478 e. The summed E-state index contributed by atoms with van der Waals surface area (Å²) in [6, 6.07) is 0. The number of aliphatic hydroxyl groups excluding tert-OH is 1. The maximum absolute atomic E-state index is 9.60. The number of carbonyl (C=O) groups is 1. The van der Waals surface area contributed by atoms with E-state index in [1.54, 1.807) is 4.90 Å². The van der Waals surface area contributed by atoms with Crippen LogP contribution < -0.4 is 0 Å². The normalized spacial score (nSPS) is 11.5. The van der Waals surface area contributed by atoms with Crippen molar-refractivity contribution in [3.63, 3.8) is 0 Å². The molecule has 0 aromatic carbocycles. The van der Waals surface area contributed by atoms with Crippen LogP contribution in [0.2, 0.25) is 0 Å². The molecule has 2 N–H and O–H groups in total. The molecule has 0 bridgehead atoms. The average Bonchev–Trinajstić information content (AvgIpc) is 2.03. The molecule has 78 valence electrons. The highest BCUT2D eigenvalue weighted by molar-refractivity contribution is 5.84. The Hall–Kier alpha value is -0.870. The molecule has 0 aliphatic rings. The smallest absolute Gasteiger partial charge is 0.330 e. The Morgan fingerprint density at radius 1 is 1.54 bits per heavy atom. The van der Waals surface area contributed by atoms with Gasteiger partial charge in [-0.25, -0.2) is 4.79 Å². The quantitative estimate of drug-likeness (QED) is 0.512. The zero-order chi connectivity index (χ0) is 11.0. The predicted octanol–water partition coefficient (Wildman–Crippen LogP) is 0.923. The van der Waals surface area contributed by atoms with Gasteiger partial charge in [0.15, 0.2) is 0 Å². The molecule has 0 aromatic rings. The molecule has 0 aliphatic heterocycles. The lowest BCUT2D eigenvalue weighted by Gasteiger charge is -2.15. The van der Waals surface area contributed by atoms with Crippen molar-refractivity contribution in [3.8, 4) is 0 Å². The molecule has 4 nitrogen and oxygen atoms in total. The fourth-order valence-corrected chi connectivity index (χ4v) is 0.365. The summed E-state index contributed by atoms with van der Waals surface area (Å²) in [6.07, 6.45) is 0.535. The monoisotopic (exact) mass is 189 g/mol. The molecule has 0 saturated heterocycles. The minimum atomic E-state index is -0.935. The van der Waals surface area contributed by atoms with E-state index in [9.17, 15) is 4.79 Å². The van der Waals surface area contributed by atoms with Crippen LogP contribution in [-0.4, -0.2) is 41.4 Å². The van der Waals surface area contributed by atoms with Crippen LogP contribution in [-0.2, 0) is 4.79 Å². The third-order valence-electron chi connectivity index (χ3n) is 1.33. The van der Waals surface area contributed by atoms with Gasteiger partial charge in [-0.15, -0.1) is 0 Å². The number of aliphatic hydroxyl groups is 1. The summed E-state index contributed by atoms with van der Waals surface area (Å²) in [6.45, 7) is 6.55. The number of aliphatic carboxylic acids is 1. The lowest BCUT2D eigenvalue weighted by molar-refractivity contribution is -0.132. The second-order valence-electron chi connectivity index (χ2n) is 2.94. The SMILES string of the molecule is C=C(C)C(=O)O.CCC(O)N(C)C. The van der Waals surface area contributed by atoms with Gasteiger partial charge in [0.05, 0.1) is 0 Å². The molecule has 1 atom stereocenters. The second-order valence-corrected chi connectivity index (χ2v) is 2.94. The topological polar surface area (TPSA) is 60.8 Å². The lowest BCUT2D eigenvalue weighted by atomic mass is 10.4. The zero-order valence-corrected chi connectivity index (χ0v) is 8.74. The van der Waals surface area contributed by atoms with Crippen molar-refractivity contribution in [1.29, 1.82) is 0 Å². The van der Waals surface area contributed by atoms with Gasteiger partial charge in [-0.1, -0.05) is 13.5 Å². The molecule has 1 unspecified atom stereocenters. The van der Waals surface area contributed by atoms with E-state index in [1.165, 1.54) is 6.92 Å². The first kappa shape index (κ1) is 14.6. The molecule has 0 amide bonds. The summed E-state index contributed by atoms with van der Waals surface area (Å²) in [5, 5.41) is 16.8. The molecular formula is C9H19NO3. The largest absolute Gasteiger partial charge is 0.478 e. The molecule has 0 aliphatic carbocycles. The summed E-state index contributed by atoms with van der Waals surface area (Å²) in [5.41, 5.74) is 0.176. The molecule has 4 heteroatoms. The van der Waals surface area contributed by atoms with E-state index in [4.69, 9.17) is 10.2 Å². The molecule has 13 heavy (non-hydrogen) atoms. The molecule has 0 aromatic heterocycles. The van der Waals surface area contributed by atoms with E-state index >= 15 is 0 Å². The molecule has 0 spiro atoms. The minimum absolute atomic E-state index is 0.176. The van der Waals surface area contributed by atoms with E-state index in [0.29, 0.717) is 0 Å². The highest BCUT2D eigenvalue weighted by Gasteiger charge is 1.99. The number of hydrogen-bond acceptors (Lipinski definition) is 3. The van der Waals surface area contributed by atoms with Crippen LogP contribution in [0.5, 0.6) is 0 Å². The fourth-order valence-electron chi connectivity index (χ4n) is 0.365. The summed E-state index contributed by atoms with van der Waals surface area (Å²) < 4.78 is 0. The molecule has 0 rings (SSSR count). The van der Waals surface area contributed by atoms with Gasteiger partial charge in [-0.3, -0.25) is 4.90 Å². The molecular weight excluding hydrogens is 170 g/mol. The van der Waals surface area contributed by atoms with Crippen molar-refractivity contribution >= 4 is 5.97 Å². The first-order valence-corrected chi connectivity index (χ1v) is 4.06. The summed E-state index contributed by atoms with van der Waals surface area (Å²) in [7, 11) is 3.71. The summed E-state index contributed by atoms with van der Waals surface area (Å²) >= 11 is 0. The van der Waals surface area contributed by atoms with Crippen molar-refractivity contribution in [2.24, 2.45) is 0 Å². The molecule has 0 saturated carbocycles. The Morgan fingerprint density at radius 2 is 1.85 bits per heavy atom. The van der Waals surface area contributed by atoms with Gasteiger partial charge in [0.2, 0.25) is 0 Å². The van der Waals surface area contributed by atoms with Crippen LogP contribution in [0.1, 0.15) is 20.3 Å². The lowest BCUT2D eigenvalue weighted by Crippen LogP contribution is -2.26. The maximum Gasteiger partial charge on any atom is 0.330 e. The Balaban J connectivity index is 0. The van der Waals surface area contributed by atoms with Crippen LogP contribution in [0.25, 0.3) is 0 Å². The van der Waals surface area contributed by atoms with Gasteiger partial charge in [0.1, 0.15) is 6.23 Å².